The SMILES string of the molecule is CCNC(=NCC(C)(C)c1cccc(F)c1)N1CCC(C(=O)N2CCOCC2)CC1. The number of morpholine rings is 1. The summed E-state index contributed by atoms with van der Waals surface area (Å²) in [6.45, 7) is 11.9. The van der Waals surface area contributed by atoms with E-state index in [0.29, 0.717) is 32.8 Å². The van der Waals surface area contributed by atoms with Crippen LogP contribution in [0.5, 0.6) is 0 Å². The molecule has 30 heavy (non-hydrogen) atoms. The van der Waals surface area contributed by atoms with E-state index in [1.165, 1.54) is 6.07 Å². The van der Waals surface area contributed by atoms with Crippen LogP contribution in [-0.2, 0) is 14.9 Å². The highest BCUT2D eigenvalue weighted by atomic mass is 19.1. The summed E-state index contributed by atoms with van der Waals surface area (Å²) in [6, 6.07) is 6.76. The number of carbonyl (C=O) groups excluding carboxylic acids is 1. The quantitative estimate of drug-likeness (QED) is 0.590. The third kappa shape index (κ3) is 5.72. The van der Waals surface area contributed by atoms with Crippen molar-refractivity contribution in [3.05, 3.63) is 35.6 Å². The van der Waals surface area contributed by atoms with Crippen molar-refractivity contribution in [1.29, 1.82) is 0 Å². The number of nitrogens with one attached hydrogen (secondary N) is 1. The average molecular weight is 419 g/mol. The molecule has 0 aliphatic carbocycles. The molecule has 7 heteroatoms. The number of benzene rings is 1. The first-order valence-electron chi connectivity index (χ1n) is 11.1. The lowest BCUT2D eigenvalue weighted by Gasteiger charge is -2.37. The van der Waals surface area contributed by atoms with Crippen LogP contribution in [-0.4, -0.2) is 74.1 Å². The summed E-state index contributed by atoms with van der Waals surface area (Å²) >= 11 is 0. The number of amides is 1. The van der Waals surface area contributed by atoms with Crippen LogP contribution < -0.4 is 5.32 Å². The van der Waals surface area contributed by atoms with Gasteiger partial charge in [0.15, 0.2) is 5.96 Å². The lowest BCUT2D eigenvalue weighted by atomic mass is 9.85. The minimum absolute atomic E-state index is 0.0889. The Labute approximate surface area is 179 Å². The zero-order chi connectivity index (χ0) is 21.6. The molecule has 2 aliphatic heterocycles. The van der Waals surface area contributed by atoms with Crippen LogP contribution >= 0.6 is 0 Å². The second-order valence-electron chi connectivity index (χ2n) is 8.76. The van der Waals surface area contributed by atoms with Gasteiger partial charge in [-0.15, -0.1) is 0 Å². The summed E-state index contributed by atoms with van der Waals surface area (Å²) < 4.78 is 19.0. The van der Waals surface area contributed by atoms with E-state index >= 15 is 0 Å². The van der Waals surface area contributed by atoms with Crippen LogP contribution in [0.1, 0.15) is 39.2 Å². The summed E-state index contributed by atoms with van der Waals surface area (Å²) in [5, 5.41) is 3.39. The Morgan fingerprint density at radius 1 is 1.20 bits per heavy atom. The van der Waals surface area contributed by atoms with Crippen LogP contribution in [0.2, 0.25) is 0 Å². The van der Waals surface area contributed by atoms with Gasteiger partial charge in [0.1, 0.15) is 5.82 Å². The maximum atomic E-state index is 13.7. The maximum Gasteiger partial charge on any atom is 0.225 e. The van der Waals surface area contributed by atoms with Gasteiger partial charge in [-0.05, 0) is 37.5 Å². The van der Waals surface area contributed by atoms with Crippen molar-refractivity contribution in [3.63, 3.8) is 0 Å². The molecule has 2 saturated heterocycles. The summed E-state index contributed by atoms with van der Waals surface area (Å²) in [5.41, 5.74) is 0.671. The molecule has 0 unspecified atom stereocenters. The molecule has 0 aromatic heterocycles. The van der Waals surface area contributed by atoms with Gasteiger partial charge in [0.05, 0.1) is 19.8 Å². The first kappa shape index (κ1) is 22.5. The lowest BCUT2D eigenvalue weighted by molar-refractivity contribution is -0.140. The van der Waals surface area contributed by atoms with Gasteiger partial charge in [0.2, 0.25) is 5.91 Å². The first-order chi connectivity index (χ1) is 14.4. The van der Waals surface area contributed by atoms with Gasteiger partial charge < -0.3 is 19.9 Å². The van der Waals surface area contributed by atoms with Gasteiger partial charge in [-0.3, -0.25) is 9.79 Å². The number of guanidine groups is 1. The zero-order valence-electron chi connectivity index (χ0n) is 18.5. The van der Waals surface area contributed by atoms with Crippen LogP contribution in [0.4, 0.5) is 4.39 Å². The third-order valence-corrected chi connectivity index (χ3v) is 6.03. The lowest BCUT2D eigenvalue weighted by Crippen LogP contribution is -2.50. The molecule has 2 heterocycles. The molecule has 166 valence electrons. The molecule has 0 radical (unpaired) electrons. The van der Waals surface area contributed by atoms with Crippen molar-refractivity contribution in [2.24, 2.45) is 10.9 Å². The van der Waals surface area contributed by atoms with E-state index in [4.69, 9.17) is 9.73 Å². The molecule has 0 spiro atoms. The predicted molar refractivity (Wildman–Crippen MR) is 117 cm³/mol. The highest BCUT2D eigenvalue weighted by Gasteiger charge is 2.30. The molecule has 0 atom stereocenters. The summed E-state index contributed by atoms with van der Waals surface area (Å²) in [4.78, 5) is 21.8. The Balaban J connectivity index is 1.60. The predicted octanol–water partition coefficient (Wildman–Crippen LogP) is 2.64. The number of piperidine rings is 1. The molecule has 2 aliphatic rings. The zero-order valence-corrected chi connectivity index (χ0v) is 18.5. The van der Waals surface area contributed by atoms with E-state index in [2.05, 4.69) is 31.0 Å². The van der Waals surface area contributed by atoms with Crippen LogP contribution in [0.3, 0.4) is 0 Å². The number of ether oxygens (including phenoxy) is 1. The molecular weight excluding hydrogens is 383 g/mol. The third-order valence-electron chi connectivity index (χ3n) is 6.03. The van der Waals surface area contributed by atoms with Gasteiger partial charge >= 0.3 is 0 Å². The van der Waals surface area contributed by atoms with Crippen LogP contribution in [0.25, 0.3) is 0 Å². The number of halogens is 1. The molecular formula is C23H35FN4O2. The van der Waals surface area contributed by atoms with Gasteiger partial charge in [-0.25, -0.2) is 4.39 Å². The molecule has 1 aromatic carbocycles. The smallest absolute Gasteiger partial charge is 0.225 e. The van der Waals surface area contributed by atoms with Crippen LogP contribution in [0.15, 0.2) is 29.3 Å². The normalized spacial score (nSPS) is 19.1. The van der Waals surface area contributed by atoms with Gasteiger partial charge in [0.25, 0.3) is 0 Å². The maximum absolute atomic E-state index is 13.7. The van der Waals surface area contributed by atoms with E-state index in [-0.39, 0.29) is 23.1 Å². The molecule has 6 nitrogen and oxygen atoms in total. The second kappa shape index (κ2) is 10.2. The number of nitrogens with zero attached hydrogens (tertiary/aromatic N) is 3. The Morgan fingerprint density at radius 3 is 2.53 bits per heavy atom. The molecule has 1 aromatic rings. The Morgan fingerprint density at radius 2 is 1.90 bits per heavy atom. The summed E-state index contributed by atoms with van der Waals surface area (Å²) in [6.07, 6.45) is 1.68. The standard InChI is InChI=1S/C23H35FN4O2/c1-4-25-22(26-17-23(2,3)19-6-5-7-20(24)16-19)28-10-8-18(9-11-28)21(29)27-12-14-30-15-13-27/h5-7,16,18H,4,8-15,17H2,1-3H3,(H,25,26). The molecule has 0 bridgehead atoms. The van der Waals surface area contributed by atoms with Crippen molar-refractivity contribution < 1.29 is 13.9 Å². The molecule has 0 saturated carbocycles. The summed E-state index contributed by atoms with van der Waals surface area (Å²) in [7, 11) is 0. The van der Waals surface area contributed by atoms with Gasteiger partial charge in [-0.1, -0.05) is 26.0 Å². The van der Waals surface area contributed by atoms with Crippen molar-refractivity contribution in [3.8, 4) is 0 Å². The molecule has 3 rings (SSSR count). The Hall–Kier alpha value is -2.15. The van der Waals surface area contributed by atoms with E-state index in [1.54, 1.807) is 12.1 Å². The molecule has 1 N–H and O–H groups in total. The van der Waals surface area contributed by atoms with Crippen molar-refractivity contribution in [2.45, 2.75) is 39.0 Å². The molecule has 1 amide bonds. The number of rotatable bonds is 5. The average Bonchev–Trinajstić information content (AvgIpc) is 2.77. The number of carbonyl (C=O) groups is 1. The summed E-state index contributed by atoms with van der Waals surface area (Å²) in [5.74, 6) is 1.01. The van der Waals surface area contributed by atoms with Crippen molar-refractivity contribution in [1.82, 2.24) is 15.1 Å². The number of aliphatic imine (C=N–C) groups is 1. The Kier molecular flexibility index (Phi) is 7.69. The largest absolute Gasteiger partial charge is 0.378 e. The van der Waals surface area contributed by atoms with Crippen molar-refractivity contribution in [2.75, 3.05) is 52.5 Å². The van der Waals surface area contributed by atoms with Crippen LogP contribution in [0, 0.1) is 11.7 Å². The fraction of sp³-hybridized carbons (Fsp3) is 0.652. The minimum Gasteiger partial charge on any atom is -0.378 e. The topological polar surface area (TPSA) is 57.2 Å². The second-order valence-corrected chi connectivity index (χ2v) is 8.76. The number of likely N-dealkylation sites (tertiary alicyclic amines) is 1. The number of hydrogen-bond donors (Lipinski definition) is 1. The number of hydrogen-bond acceptors (Lipinski definition) is 3. The van der Waals surface area contributed by atoms with Gasteiger partial charge in [0, 0.05) is 44.1 Å². The minimum atomic E-state index is -0.270. The van der Waals surface area contributed by atoms with Gasteiger partial charge in [-0.2, -0.15) is 0 Å². The van der Waals surface area contributed by atoms with Crippen molar-refractivity contribution >= 4 is 11.9 Å². The monoisotopic (exact) mass is 418 g/mol. The first-order valence-corrected chi connectivity index (χ1v) is 11.1. The fourth-order valence-corrected chi connectivity index (χ4v) is 4.08. The fourth-order valence-electron chi connectivity index (χ4n) is 4.08. The molecule has 2 fully saturated rings. The van der Waals surface area contributed by atoms with E-state index in [1.807, 2.05) is 11.0 Å². The van der Waals surface area contributed by atoms with E-state index < -0.39 is 0 Å². The van der Waals surface area contributed by atoms with E-state index in [0.717, 1.165) is 44.0 Å². The van der Waals surface area contributed by atoms with E-state index in [9.17, 15) is 9.18 Å². The highest BCUT2D eigenvalue weighted by molar-refractivity contribution is 5.82. The Bertz CT molecular complexity index is 738. The highest BCUT2D eigenvalue weighted by Crippen LogP contribution is 2.25.